The van der Waals surface area contributed by atoms with E-state index >= 15 is 0 Å². The van der Waals surface area contributed by atoms with Crippen molar-refractivity contribution in [1.82, 2.24) is 15.0 Å². The van der Waals surface area contributed by atoms with Gasteiger partial charge in [0.25, 0.3) is 0 Å². The van der Waals surface area contributed by atoms with Gasteiger partial charge in [-0.05, 0) is 57.6 Å². The van der Waals surface area contributed by atoms with E-state index < -0.39 is 0 Å². The molecule has 0 unspecified atom stereocenters. The highest BCUT2D eigenvalue weighted by atomic mass is 16.3. The maximum atomic E-state index is 6.51. The Morgan fingerprint density at radius 3 is 1.59 bits per heavy atom. The molecule has 4 heteroatoms. The molecule has 0 saturated carbocycles. The van der Waals surface area contributed by atoms with E-state index in [9.17, 15) is 0 Å². The maximum absolute atomic E-state index is 6.51. The molecule has 0 amide bonds. The standard InChI is InChI=1S/C42H29N3O/c1-42(2)35-16-10-9-15-31(35)33-24-34-32-22-21-30(23-37(32)46-38(34)25-36(33)42)26-17-19-29(20-18-26)41-44-39(27-11-5-3-6-12-27)43-40(45-41)28-13-7-4-8-14-28/h3-25H,1-2H3. The lowest BCUT2D eigenvalue weighted by molar-refractivity contribution is 0.647. The first-order valence-electron chi connectivity index (χ1n) is 15.6. The van der Waals surface area contributed by atoms with Gasteiger partial charge in [-0.2, -0.15) is 0 Å². The third-order valence-corrected chi connectivity index (χ3v) is 9.35. The first-order valence-corrected chi connectivity index (χ1v) is 15.6. The Balaban J connectivity index is 1.09. The van der Waals surface area contributed by atoms with E-state index in [0.29, 0.717) is 17.5 Å². The number of aromatic nitrogens is 3. The topological polar surface area (TPSA) is 51.8 Å². The van der Waals surface area contributed by atoms with Crippen molar-refractivity contribution in [2.45, 2.75) is 19.3 Å². The summed E-state index contributed by atoms with van der Waals surface area (Å²) >= 11 is 0. The van der Waals surface area contributed by atoms with E-state index in [1.165, 1.54) is 22.3 Å². The predicted molar refractivity (Wildman–Crippen MR) is 186 cm³/mol. The number of nitrogens with zero attached hydrogens (tertiary/aromatic N) is 3. The minimum atomic E-state index is -0.0613. The first kappa shape index (κ1) is 26.5. The van der Waals surface area contributed by atoms with E-state index in [4.69, 9.17) is 19.4 Å². The molecule has 2 aromatic heterocycles. The maximum Gasteiger partial charge on any atom is 0.164 e. The highest BCUT2D eigenvalue weighted by Crippen LogP contribution is 2.50. The fraction of sp³-hybridized carbons (Fsp3) is 0.0714. The van der Waals surface area contributed by atoms with Crippen molar-refractivity contribution in [3.05, 3.63) is 151 Å². The predicted octanol–water partition coefficient (Wildman–Crippen LogP) is 10.7. The number of furan rings is 1. The molecular weight excluding hydrogens is 562 g/mol. The third kappa shape index (κ3) is 4.18. The average Bonchev–Trinajstić information content (AvgIpc) is 3.58. The van der Waals surface area contributed by atoms with Crippen molar-refractivity contribution in [3.8, 4) is 56.4 Å². The summed E-state index contributed by atoms with van der Waals surface area (Å²) in [6, 6.07) is 48.4. The minimum Gasteiger partial charge on any atom is -0.456 e. The zero-order valence-electron chi connectivity index (χ0n) is 25.5. The Morgan fingerprint density at radius 2 is 0.935 bits per heavy atom. The van der Waals surface area contributed by atoms with Crippen molar-refractivity contribution in [1.29, 1.82) is 0 Å². The van der Waals surface area contributed by atoms with Crippen LogP contribution in [0, 0.1) is 0 Å². The van der Waals surface area contributed by atoms with Crippen molar-refractivity contribution in [2.24, 2.45) is 0 Å². The van der Waals surface area contributed by atoms with E-state index in [-0.39, 0.29) is 5.41 Å². The molecule has 6 aromatic carbocycles. The van der Waals surface area contributed by atoms with Crippen molar-refractivity contribution >= 4 is 21.9 Å². The molecule has 1 aliphatic carbocycles. The van der Waals surface area contributed by atoms with E-state index in [0.717, 1.165) is 49.8 Å². The highest BCUT2D eigenvalue weighted by molar-refractivity contribution is 6.08. The molecule has 0 fully saturated rings. The molecule has 0 atom stereocenters. The van der Waals surface area contributed by atoms with Gasteiger partial charge in [0.2, 0.25) is 0 Å². The molecule has 0 saturated heterocycles. The molecule has 0 radical (unpaired) electrons. The first-order chi connectivity index (χ1) is 22.5. The molecule has 0 aliphatic heterocycles. The number of rotatable bonds is 4. The highest BCUT2D eigenvalue weighted by Gasteiger charge is 2.36. The molecule has 2 heterocycles. The van der Waals surface area contributed by atoms with Crippen LogP contribution in [-0.2, 0) is 5.41 Å². The van der Waals surface area contributed by atoms with Gasteiger partial charge < -0.3 is 4.42 Å². The number of hydrogen-bond donors (Lipinski definition) is 0. The number of hydrogen-bond acceptors (Lipinski definition) is 4. The molecule has 218 valence electrons. The largest absolute Gasteiger partial charge is 0.456 e. The number of benzene rings is 6. The third-order valence-electron chi connectivity index (χ3n) is 9.35. The summed E-state index contributed by atoms with van der Waals surface area (Å²) in [5.41, 5.74) is 12.1. The lowest BCUT2D eigenvalue weighted by Gasteiger charge is -2.21. The zero-order valence-corrected chi connectivity index (χ0v) is 25.5. The van der Waals surface area contributed by atoms with Crippen LogP contribution in [-0.4, -0.2) is 15.0 Å². The van der Waals surface area contributed by atoms with Gasteiger partial charge in [-0.1, -0.05) is 129 Å². The monoisotopic (exact) mass is 591 g/mol. The summed E-state index contributed by atoms with van der Waals surface area (Å²) in [5, 5.41) is 2.29. The fourth-order valence-corrected chi connectivity index (χ4v) is 6.90. The molecule has 0 N–H and O–H groups in total. The van der Waals surface area contributed by atoms with E-state index in [2.05, 4.69) is 92.7 Å². The van der Waals surface area contributed by atoms with Gasteiger partial charge in [-0.15, -0.1) is 0 Å². The molecule has 0 bridgehead atoms. The molecule has 8 aromatic rings. The van der Waals surface area contributed by atoms with Crippen LogP contribution >= 0.6 is 0 Å². The Bertz CT molecular complexity index is 2370. The molecule has 4 nitrogen and oxygen atoms in total. The van der Waals surface area contributed by atoms with Crippen LogP contribution in [0.1, 0.15) is 25.0 Å². The summed E-state index contributed by atoms with van der Waals surface area (Å²) in [7, 11) is 0. The van der Waals surface area contributed by atoms with E-state index in [1.807, 2.05) is 60.7 Å². The van der Waals surface area contributed by atoms with Crippen molar-refractivity contribution in [2.75, 3.05) is 0 Å². The molecular formula is C42H29N3O. The Hall–Kier alpha value is -5.87. The number of fused-ring (bicyclic) bond motifs is 6. The van der Waals surface area contributed by atoms with Gasteiger partial charge in [0.05, 0.1) is 0 Å². The second-order valence-corrected chi connectivity index (χ2v) is 12.5. The van der Waals surface area contributed by atoms with Gasteiger partial charge in [0.15, 0.2) is 17.5 Å². The van der Waals surface area contributed by atoms with Gasteiger partial charge in [-0.3, -0.25) is 0 Å². The van der Waals surface area contributed by atoms with Gasteiger partial charge in [0, 0.05) is 32.9 Å². The molecule has 9 rings (SSSR count). The Morgan fingerprint density at radius 1 is 0.413 bits per heavy atom. The summed E-state index contributed by atoms with van der Waals surface area (Å²) in [4.78, 5) is 14.6. The fourth-order valence-electron chi connectivity index (χ4n) is 6.90. The van der Waals surface area contributed by atoms with Crippen LogP contribution in [0.5, 0.6) is 0 Å². The van der Waals surface area contributed by atoms with Crippen molar-refractivity contribution in [3.63, 3.8) is 0 Å². The lowest BCUT2D eigenvalue weighted by Crippen LogP contribution is -2.14. The van der Waals surface area contributed by atoms with Crippen molar-refractivity contribution < 1.29 is 4.42 Å². The van der Waals surface area contributed by atoms with Crippen LogP contribution in [0.4, 0.5) is 0 Å². The summed E-state index contributed by atoms with van der Waals surface area (Å²) < 4.78 is 6.51. The van der Waals surface area contributed by atoms with Gasteiger partial charge in [-0.25, -0.2) is 15.0 Å². The minimum absolute atomic E-state index is 0.0613. The Labute approximate surface area is 267 Å². The SMILES string of the molecule is CC1(C)c2ccccc2-c2cc3c(cc21)oc1cc(-c2ccc(-c4nc(-c5ccccc5)nc(-c5ccccc5)n4)cc2)ccc13. The van der Waals surface area contributed by atoms with Gasteiger partial charge >= 0.3 is 0 Å². The van der Waals surface area contributed by atoms with E-state index in [1.54, 1.807) is 0 Å². The lowest BCUT2D eigenvalue weighted by atomic mass is 9.82. The molecule has 0 spiro atoms. The average molecular weight is 592 g/mol. The second-order valence-electron chi connectivity index (χ2n) is 12.5. The van der Waals surface area contributed by atoms with Crippen LogP contribution in [0.3, 0.4) is 0 Å². The normalized spacial score (nSPS) is 13.2. The summed E-state index contributed by atoms with van der Waals surface area (Å²) in [6.45, 7) is 4.60. The second kappa shape index (κ2) is 10.1. The molecule has 46 heavy (non-hydrogen) atoms. The van der Waals surface area contributed by atoms with Crippen LogP contribution in [0.25, 0.3) is 78.4 Å². The smallest absolute Gasteiger partial charge is 0.164 e. The van der Waals surface area contributed by atoms with Gasteiger partial charge in [0.1, 0.15) is 11.2 Å². The van der Waals surface area contributed by atoms with Crippen LogP contribution in [0.15, 0.2) is 144 Å². The summed E-state index contributed by atoms with van der Waals surface area (Å²) in [6.07, 6.45) is 0. The van der Waals surface area contributed by atoms with Crippen LogP contribution < -0.4 is 0 Å². The Kier molecular flexibility index (Phi) is 5.81. The zero-order chi connectivity index (χ0) is 30.8. The van der Waals surface area contributed by atoms with Crippen LogP contribution in [0.2, 0.25) is 0 Å². The quantitative estimate of drug-likeness (QED) is 0.204. The summed E-state index contributed by atoms with van der Waals surface area (Å²) in [5.74, 6) is 1.95. The molecule has 1 aliphatic rings.